The highest BCUT2D eigenvalue weighted by Crippen LogP contribution is 2.71. The van der Waals surface area contributed by atoms with Crippen molar-refractivity contribution in [2.45, 2.75) is 91.6 Å². The molecule has 174 valence electrons. The maximum Gasteiger partial charge on any atom is 0.302 e. The molecule has 0 aliphatic heterocycles. The molecule has 0 heterocycles. The van der Waals surface area contributed by atoms with Crippen molar-refractivity contribution in [1.29, 1.82) is 0 Å². The summed E-state index contributed by atoms with van der Waals surface area (Å²) in [5.41, 5.74) is -2.33. The van der Waals surface area contributed by atoms with Gasteiger partial charge < -0.3 is 19.7 Å². The molecule has 0 saturated heterocycles. The highest BCUT2D eigenvalue weighted by atomic mass is 16.6. The first-order valence-electron chi connectivity index (χ1n) is 11.5. The highest BCUT2D eigenvalue weighted by Gasteiger charge is 2.78. The molecule has 0 aromatic rings. The number of carbonyl (C=O) groups excluding carboxylic acids is 3. The average molecular weight is 437 g/mol. The summed E-state index contributed by atoms with van der Waals surface area (Å²) < 4.78 is 11.7. The Labute approximate surface area is 183 Å². The topological polar surface area (TPSA) is 110 Å². The van der Waals surface area contributed by atoms with Crippen LogP contribution in [0.25, 0.3) is 0 Å². The van der Waals surface area contributed by atoms with Crippen LogP contribution in [0, 0.1) is 39.9 Å². The lowest BCUT2D eigenvalue weighted by Gasteiger charge is -2.67. The van der Waals surface area contributed by atoms with Gasteiger partial charge in [-0.1, -0.05) is 27.7 Å². The van der Waals surface area contributed by atoms with Crippen LogP contribution in [-0.4, -0.2) is 52.4 Å². The van der Waals surface area contributed by atoms with Crippen LogP contribution in [0.3, 0.4) is 0 Å². The van der Waals surface area contributed by atoms with E-state index in [0.29, 0.717) is 19.3 Å². The van der Waals surface area contributed by atoms with Crippen molar-refractivity contribution >= 4 is 17.7 Å². The number of rotatable bonds is 2. The van der Waals surface area contributed by atoms with E-state index in [4.69, 9.17) is 9.47 Å². The van der Waals surface area contributed by atoms with E-state index in [9.17, 15) is 24.6 Å². The van der Waals surface area contributed by atoms with Crippen molar-refractivity contribution in [3.05, 3.63) is 0 Å². The van der Waals surface area contributed by atoms with Crippen molar-refractivity contribution in [2.24, 2.45) is 39.9 Å². The zero-order chi connectivity index (χ0) is 23.1. The highest BCUT2D eigenvalue weighted by molar-refractivity contribution is 5.92. The fourth-order valence-corrected chi connectivity index (χ4v) is 8.41. The maximum absolute atomic E-state index is 13.7. The normalized spacial score (nSPS) is 50.3. The Balaban J connectivity index is 1.96. The van der Waals surface area contributed by atoms with Gasteiger partial charge in [-0.05, 0) is 42.9 Å². The van der Waals surface area contributed by atoms with E-state index >= 15 is 0 Å². The van der Waals surface area contributed by atoms with E-state index in [0.717, 1.165) is 6.42 Å². The Hall–Kier alpha value is -1.47. The standard InChI is InChI=1S/C24H36O7/c1-11-14-9-15(30-12(2)25)19-23(6)16(10-17(27)24(19,20(11)28)21(14)29)22(4,5)8-7-18(23)31-13(3)26/h11,14-19,21,27,29H,7-10H2,1-6H3/t11-,14-,15-,16-,17-,18-,19-,21+,23+,24-/m1/s1. The van der Waals surface area contributed by atoms with Crippen LogP contribution in [-0.2, 0) is 23.9 Å². The molecule has 2 N–H and O–H groups in total. The van der Waals surface area contributed by atoms with Gasteiger partial charge in [-0.25, -0.2) is 0 Å². The zero-order valence-electron chi connectivity index (χ0n) is 19.4. The molecule has 4 aliphatic carbocycles. The Bertz CT molecular complexity index is 806. The Morgan fingerprint density at radius 1 is 1.03 bits per heavy atom. The van der Waals surface area contributed by atoms with Crippen LogP contribution in [0.2, 0.25) is 0 Å². The summed E-state index contributed by atoms with van der Waals surface area (Å²) in [4.78, 5) is 37.9. The van der Waals surface area contributed by atoms with Crippen LogP contribution in [0.15, 0.2) is 0 Å². The minimum atomic E-state index is -1.42. The molecule has 4 rings (SSSR count). The van der Waals surface area contributed by atoms with E-state index in [1.165, 1.54) is 13.8 Å². The summed E-state index contributed by atoms with van der Waals surface area (Å²) >= 11 is 0. The summed E-state index contributed by atoms with van der Waals surface area (Å²) in [5.74, 6) is -2.51. The number of ether oxygens (including phenoxy) is 2. The molecule has 31 heavy (non-hydrogen) atoms. The van der Waals surface area contributed by atoms with Crippen molar-refractivity contribution < 1.29 is 34.1 Å². The van der Waals surface area contributed by atoms with Gasteiger partial charge in [0.2, 0.25) is 0 Å². The Kier molecular flexibility index (Phi) is 5.14. The Morgan fingerprint density at radius 2 is 1.65 bits per heavy atom. The van der Waals surface area contributed by atoms with E-state index in [-0.39, 0.29) is 23.0 Å². The van der Waals surface area contributed by atoms with Gasteiger partial charge >= 0.3 is 11.9 Å². The zero-order valence-corrected chi connectivity index (χ0v) is 19.4. The molecular weight excluding hydrogens is 400 g/mol. The van der Waals surface area contributed by atoms with Gasteiger partial charge in [0.1, 0.15) is 18.0 Å². The molecule has 7 nitrogen and oxygen atoms in total. The van der Waals surface area contributed by atoms with Crippen LogP contribution < -0.4 is 0 Å². The van der Waals surface area contributed by atoms with Gasteiger partial charge in [0.05, 0.1) is 17.6 Å². The lowest BCUT2D eigenvalue weighted by Crippen LogP contribution is -2.73. The van der Waals surface area contributed by atoms with Gasteiger partial charge in [0.25, 0.3) is 0 Å². The second-order valence-corrected chi connectivity index (χ2v) is 11.4. The van der Waals surface area contributed by atoms with E-state index in [1.54, 1.807) is 6.92 Å². The molecule has 10 atom stereocenters. The number of esters is 2. The van der Waals surface area contributed by atoms with Gasteiger partial charge in [0, 0.05) is 31.1 Å². The molecule has 0 amide bonds. The van der Waals surface area contributed by atoms with Crippen LogP contribution >= 0.6 is 0 Å². The lowest BCUT2D eigenvalue weighted by atomic mass is 9.38. The van der Waals surface area contributed by atoms with Gasteiger partial charge in [-0.15, -0.1) is 0 Å². The second kappa shape index (κ2) is 7.01. The molecule has 1 spiro atoms. The number of ketones is 1. The van der Waals surface area contributed by atoms with Gasteiger partial charge in [-0.3, -0.25) is 14.4 Å². The summed E-state index contributed by atoms with van der Waals surface area (Å²) in [6.45, 7) is 10.8. The first-order valence-corrected chi connectivity index (χ1v) is 11.5. The molecule has 4 saturated carbocycles. The predicted octanol–water partition coefficient (Wildman–Crippen LogP) is 2.26. The molecule has 4 fully saturated rings. The van der Waals surface area contributed by atoms with E-state index in [2.05, 4.69) is 13.8 Å². The lowest BCUT2D eigenvalue weighted by molar-refractivity contribution is -0.279. The number of hydrogen-bond donors (Lipinski definition) is 2. The monoisotopic (exact) mass is 436 g/mol. The molecular formula is C24H36O7. The number of Topliss-reactive ketones (excluding diaryl/α,β-unsaturated/α-hetero) is 1. The third-order valence-electron chi connectivity index (χ3n) is 9.51. The Morgan fingerprint density at radius 3 is 2.23 bits per heavy atom. The molecule has 0 unspecified atom stereocenters. The minimum Gasteiger partial charge on any atom is -0.462 e. The summed E-state index contributed by atoms with van der Waals surface area (Å²) in [7, 11) is 0. The first-order chi connectivity index (χ1) is 14.3. The number of hydrogen-bond acceptors (Lipinski definition) is 7. The van der Waals surface area contributed by atoms with Crippen molar-refractivity contribution in [1.82, 2.24) is 0 Å². The molecule has 0 radical (unpaired) electrons. The number of aliphatic hydroxyl groups is 2. The minimum absolute atomic E-state index is 0.0748. The third-order valence-corrected chi connectivity index (χ3v) is 9.51. The number of aliphatic hydroxyl groups excluding tert-OH is 2. The number of carbonyl (C=O) groups is 3. The van der Waals surface area contributed by atoms with Gasteiger partial charge in [-0.2, -0.15) is 0 Å². The average Bonchev–Trinajstić information content (AvgIpc) is 2.76. The fraction of sp³-hybridized carbons (Fsp3) is 0.875. The van der Waals surface area contributed by atoms with Crippen molar-refractivity contribution in [3.63, 3.8) is 0 Å². The maximum atomic E-state index is 13.7. The van der Waals surface area contributed by atoms with Crippen LogP contribution in [0.4, 0.5) is 0 Å². The summed E-state index contributed by atoms with van der Waals surface area (Å²) in [5, 5.41) is 22.9. The van der Waals surface area contributed by atoms with E-state index < -0.39 is 59.0 Å². The summed E-state index contributed by atoms with van der Waals surface area (Å²) in [6.07, 6.45) is -1.03. The molecule has 0 aromatic heterocycles. The van der Waals surface area contributed by atoms with Crippen molar-refractivity contribution in [3.8, 4) is 0 Å². The molecule has 2 bridgehead atoms. The van der Waals surface area contributed by atoms with Crippen molar-refractivity contribution in [2.75, 3.05) is 0 Å². The quantitative estimate of drug-likeness (QED) is 0.639. The van der Waals surface area contributed by atoms with Crippen LogP contribution in [0.5, 0.6) is 0 Å². The molecule has 7 heteroatoms. The largest absolute Gasteiger partial charge is 0.462 e. The first kappa shape index (κ1) is 22.7. The van der Waals surface area contributed by atoms with Gasteiger partial charge in [0.15, 0.2) is 0 Å². The second-order valence-electron chi connectivity index (χ2n) is 11.4. The third kappa shape index (κ3) is 2.81. The predicted molar refractivity (Wildman–Crippen MR) is 111 cm³/mol. The smallest absolute Gasteiger partial charge is 0.302 e. The van der Waals surface area contributed by atoms with Crippen LogP contribution in [0.1, 0.15) is 67.2 Å². The SMILES string of the molecule is CC(=O)O[C@@H]1C[C@@H]2[C@@H](C)C(=O)[C@]3([C@H](O)C[C@@H]4C(C)(C)CC[C@@H](OC(C)=O)[C@@]4(C)[C@@H]13)[C@H]2O. The summed E-state index contributed by atoms with van der Waals surface area (Å²) in [6, 6.07) is 0. The fourth-order valence-electron chi connectivity index (χ4n) is 8.41. The molecule has 4 aliphatic rings. The van der Waals surface area contributed by atoms with E-state index in [1.807, 2.05) is 6.92 Å². The molecule has 0 aromatic carbocycles. The number of fused-ring (bicyclic) bond motifs is 3.